The topological polar surface area (TPSA) is 82.3 Å². The fourth-order valence-electron chi connectivity index (χ4n) is 1.94. The first-order chi connectivity index (χ1) is 11.7. The number of benzene rings is 2. The Labute approximate surface area is 142 Å². The highest BCUT2D eigenvalue weighted by molar-refractivity contribution is 6.30. The van der Waals surface area contributed by atoms with Gasteiger partial charge in [0.2, 0.25) is 5.82 Å². The lowest BCUT2D eigenvalue weighted by Crippen LogP contribution is -2.05. The van der Waals surface area contributed by atoms with Crippen LogP contribution in [0.2, 0.25) is 5.02 Å². The van der Waals surface area contributed by atoms with E-state index in [1.807, 2.05) is 0 Å². The van der Waals surface area contributed by atoms with Gasteiger partial charge in [-0.1, -0.05) is 28.9 Å². The predicted octanol–water partition coefficient (Wildman–Crippen LogP) is 3.56. The molecule has 3 aromatic rings. The molecule has 24 heavy (non-hydrogen) atoms. The maximum Gasteiger partial charge on any atom is 0.338 e. The number of aldehydes is 1. The van der Waals surface area contributed by atoms with E-state index in [1.54, 1.807) is 24.3 Å². The monoisotopic (exact) mass is 342 g/mol. The van der Waals surface area contributed by atoms with E-state index in [2.05, 4.69) is 10.1 Å². The second-order valence-electron chi connectivity index (χ2n) is 4.83. The van der Waals surface area contributed by atoms with E-state index in [0.717, 1.165) is 5.56 Å². The van der Waals surface area contributed by atoms with Crippen molar-refractivity contribution in [1.82, 2.24) is 10.1 Å². The van der Waals surface area contributed by atoms with E-state index in [1.165, 1.54) is 24.3 Å². The molecule has 0 N–H and O–H groups in total. The van der Waals surface area contributed by atoms with Gasteiger partial charge in [-0.15, -0.1) is 0 Å². The Bertz CT molecular complexity index is 857. The van der Waals surface area contributed by atoms with Gasteiger partial charge in [-0.3, -0.25) is 4.79 Å². The van der Waals surface area contributed by atoms with Gasteiger partial charge in [0.05, 0.1) is 5.56 Å². The number of nitrogens with zero attached hydrogens (tertiary/aromatic N) is 2. The quantitative estimate of drug-likeness (QED) is 0.521. The molecule has 0 aliphatic heterocycles. The summed E-state index contributed by atoms with van der Waals surface area (Å²) in [4.78, 5) is 26.7. The first-order valence-corrected chi connectivity index (χ1v) is 7.34. The number of hydrogen-bond donors (Lipinski definition) is 0. The smallest absolute Gasteiger partial charge is 0.338 e. The zero-order chi connectivity index (χ0) is 16.9. The Morgan fingerprint density at radius 2 is 1.83 bits per heavy atom. The normalized spacial score (nSPS) is 10.4. The van der Waals surface area contributed by atoms with Gasteiger partial charge in [-0.2, -0.15) is 4.98 Å². The lowest BCUT2D eigenvalue weighted by Gasteiger charge is -2.01. The van der Waals surface area contributed by atoms with Crippen molar-refractivity contribution in [3.05, 3.63) is 70.6 Å². The van der Waals surface area contributed by atoms with E-state index in [0.29, 0.717) is 28.3 Å². The van der Waals surface area contributed by atoms with E-state index in [9.17, 15) is 9.59 Å². The van der Waals surface area contributed by atoms with Crippen LogP contribution in [-0.4, -0.2) is 22.4 Å². The standard InChI is InChI=1S/C17H11ClN2O4/c18-14-7-5-12(6-8-14)16-19-15(24-20-16)10-23-17(22)13-3-1-11(9-21)2-4-13/h1-9H,10H2. The van der Waals surface area contributed by atoms with Crippen LogP contribution >= 0.6 is 11.6 Å². The zero-order valence-electron chi connectivity index (χ0n) is 12.3. The molecule has 0 bridgehead atoms. The van der Waals surface area contributed by atoms with Crippen molar-refractivity contribution in [2.75, 3.05) is 0 Å². The Hall–Kier alpha value is -2.99. The first kappa shape index (κ1) is 15.9. The molecule has 0 amide bonds. The highest BCUT2D eigenvalue weighted by Crippen LogP contribution is 2.19. The molecule has 0 radical (unpaired) electrons. The molecule has 120 valence electrons. The molecular formula is C17H11ClN2O4. The molecule has 0 fully saturated rings. The van der Waals surface area contributed by atoms with Crippen LogP contribution < -0.4 is 0 Å². The lowest BCUT2D eigenvalue weighted by atomic mass is 10.1. The summed E-state index contributed by atoms with van der Waals surface area (Å²) in [6.45, 7) is -0.144. The molecule has 1 heterocycles. The molecule has 7 heteroatoms. The van der Waals surface area contributed by atoms with E-state index >= 15 is 0 Å². The number of halogens is 1. The molecule has 0 unspecified atom stereocenters. The maximum absolute atomic E-state index is 11.9. The third-order valence-electron chi connectivity index (χ3n) is 3.18. The minimum atomic E-state index is -0.543. The second kappa shape index (κ2) is 7.06. The van der Waals surface area contributed by atoms with Crippen LogP contribution in [0.4, 0.5) is 0 Å². The van der Waals surface area contributed by atoms with Gasteiger partial charge in [0, 0.05) is 16.1 Å². The number of ether oxygens (including phenoxy) is 1. The molecule has 0 atom stereocenters. The number of rotatable bonds is 5. The van der Waals surface area contributed by atoms with Crippen molar-refractivity contribution in [3.8, 4) is 11.4 Å². The summed E-state index contributed by atoms with van der Waals surface area (Å²) in [6.07, 6.45) is 0.700. The van der Waals surface area contributed by atoms with Crippen LogP contribution in [0.15, 0.2) is 53.1 Å². The summed E-state index contributed by atoms with van der Waals surface area (Å²) in [5.41, 5.74) is 1.55. The Kier molecular flexibility index (Phi) is 4.67. The molecule has 0 saturated carbocycles. The van der Waals surface area contributed by atoms with E-state index in [4.69, 9.17) is 20.9 Å². The van der Waals surface area contributed by atoms with Crippen molar-refractivity contribution < 1.29 is 18.8 Å². The van der Waals surface area contributed by atoms with Crippen molar-refractivity contribution in [2.45, 2.75) is 6.61 Å². The number of carbonyl (C=O) groups is 2. The summed E-state index contributed by atoms with van der Waals surface area (Å²) >= 11 is 5.83. The molecule has 1 aromatic heterocycles. The molecule has 0 aliphatic rings. The molecule has 3 rings (SSSR count). The number of hydrogen-bond acceptors (Lipinski definition) is 6. The highest BCUT2D eigenvalue weighted by Gasteiger charge is 2.12. The Morgan fingerprint density at radius 1 is 1.12 bits per heavy atom. The van der Waals surface area contributed by atoms with Gasteiger partial charge in [0.1, 0.15) is 6.29 Å². The van der Waals surface area contributed by atoms with Gasteiger partial charge in [-0.25, -0.2) is 4.79 Å². The zero-order valence-corrected chi connectivity index (χ0v) is 13.1. The molecular weight excluding hydrogens is 332 g/mol. The molecule has 6 nitrogen and oxygen atoms in total. The Balaban J connectivity index is 1.63. The summed E-state index contributed by atoms with van der Waals surface area (Å²) in [5, 5.41) is 4.44. The fourth-order valence-corrected chi connectivity index (χ4v) is 2.06. The third kappa shape index (κ3) is 3.67. The van der Waals surface area contributed by atoms with Gasteiger partial charge < -0.3 is 9.26 Å². The number of aromatic nitrogens is 2. The van der Waals surface area contributed by atoms with Crippen LogP contribution in [-0.2, 0) is 11.3 Å². The largest absolute Gasteiger partial charge is 0.452 e. The molecule has 0 saturated heterocycles. The molecule has 0 spiro atoms. The van der Waals surface area contributed by atoms with Crippen LogP contribution in [0.5, 0.6) is 0 Å². The average molecular weight is 343 g/mol. The van der Waals surface area contributed by atoms with Gasteiger partial charge >= 0.3 is 5.97 Å². The van der Waals surface area contributed by atoms with Gasteiger partial charge in [-0.05, 0) is 36.4 Å². The van der Waals surface area contributed by atoms with Crippen LogP contribution in [0.25, 0.3) is 11.4 Å². The Morgan fingerprint density at radius 3 is 2.50 bits per heavy atom. The van der Waals surface area contributed by atoms with Gasteiger partial charge in [0.15, 0.2) is 6.61 Å². The van der Waals surface area contributed by atoms with Crippen LogP contribution in [0.3, 0.4) is 0 Å². The van der Waals surface area contributed by atoms with Crippen LogP contribution in [0.1, 0.15) is 26.6 Å². The van der Waals surface area contributed by atoms with E-state index < -0.39 is 5.97 Å². The molecule has 2 aromatic carbocycles. The minimum absolute atomic E-state index is 0.144. The number of esters is 1. The summed E-state index contributed by atoms with van der Waals surface area (Å²) in [6, 6.07) is 13.1. The summed E-state index contributed by atoms with van der Waals surface area (Å²) < 4.78 is 10.2. The second-order valence-corrected chi connectivity index (χ2v) is 5.27. The lowest BCUT2D eigenvalue weighted by molar-refractivity contribution is 0.0429. The average Bonchev–Trinajstić information content (AvgIpc) is 3.09. The SMILES string of the molecule is O=Cc1ccc(C(=O)OCc2nc(-c3ccc(Cl)cc3)no2)cc1. The maximum atomic E-state index is 11.9. The van der Waals surface area contributed by atoms with Crippen molar-refractivity contribution in [3.63, 3.8) is 0 Å². The first-order valence-electron chi connectivity index (χ1n) is 6.96. The van der Waals surface area contributed by atoms with Crippen molar-refractivity contribution in [1.29, 1.82) is 0 Å². The third-order valence-corrected chi connectivity index (χ3v) is 3.43. The van der Waals surface area contributed by atoms with Gasteiger partial charge in [0.25, 0.3) is 5.89 Å². The van der Waals surface area contributed by atoms with Crippen LogP contribution in [0, 0.1) is 0 Å². The minimum Gasteiger partial charge on any atom is -0.452 e. The fraction of sp³-hybridized carbons (Fsp3) is 0.0588. The van der Waals surface area contributed by atoms with E-state index in [-0.39, 0.29) is 12.5 Å². The number of carbonyl (C=O) groups excluding carboxylic acids is 2. The summed E-state index contributed by atoms with van der Waals surface area (Å²) in [5.74, 6) is 0.0181. The molecule has 0 aliphatic carbocycles. The summed E-state index contributed by atoms with van der Waals surface area (Å²) in [7, 11) is 0. The van der Waals surface area contributed by atoms with Crippen molar-refractivity contribution >= 4 is 23.9 Å². The van der Waals surface area contributed by atoms with Crippen molar-refractivity contribution in [2.24, 2.45) is 0 Å². The highest BCUT2D eigenvalue weighted by atomic mass is 35.5. The predicted molar refractivity (Wildman–Crippen MR) is 85.7 cm³/mol.